The van der Waals surface area contributed by atoms with Gasteiger partial charge in [-0.25, -0.2) is 0 Å². The van der Waals surface area contributed by atoms with Crippen molar-refractivity contribution in [2.45, 2.75) is 114 Å². The van der Waals surface area contributed by atoms with Gasteiger partial charge in [0.25, 0.3) is 0 Å². The minimum atomic E-state index is -2.57. The van der Waals surface area contributed by atoms with Crippen molar-refractivity contribution < 1.29 is 14.1 Å². The number of para-hydroxylation sites is 1. The number of nitrogens with zero attached hydrogens (tertiary/aromatic N) is 3. The number of hydrogen-bond acceptors (Lipinski definition) is 7. The Hall–Kier alpha value is -1.83. The van der Waals surface area contributed by atoms with Crippen LogP contribution < -0.4 is 12.0 Å². The summed E-state index contributed by atoms with van der Waals surface area (Å²) in [4.78, 5) is 2.31. The number of hydrogen-bond donors (Lipinski definition) is 0. The summed E-state index contributed by atoms with van der Waals surface area (Å²) in [7, 11) is 0. The summed E-state index contributed by atoms with van der Waals surface area (Å²) in [6.07, 6.45) is 13.7. The molecule has 0 bridgehead atoms. The average Bonchev–Trinajstić information content (AvgIpc) is 3.67. The van der Waals surface area contributed by atoms with Crippen LogP contribution in [-0.4, -0.2) is 78.0 Å². The molecule has 2 aliphatic carbocycles. The maximum absolute atomic E-state index is 6.77. The Morgan fingerprint density at radius 3 is 1.47 bits per heavy atom. The number of benzene rings is 3. The first-order valence-electron chi connectivity index (χ1n) is 18.3. The molecule has 0 N–H and O–H groups in total. The van der Waals surface area contributed by atoms with Crippen molar-refractivity contribution in [3.8, 4) is 11.5 Å². The monoisotopic (exact) mass is 747 g/mol. The van der Waals surface area contributed by atoms with Gasteiger partial charge in [-0.2, -0.15) is 0 Å². The SMILES string of the molecule is CC1CCC2CCCC3[O][Ga]([O]c4ccc(N(c5ccccc5)c5ccc([O][Ga]6[O]C7CCCC8CCC(C)[N]6C87)cc5)cc4)[N]1C23. The van der Waals surface area contributed by atoms with Gasteiger partial charge in [0.05, 0.1) is 0 Å². The minimum absolute atomic E-state index is 0.384. The molecule has 0 aromatic heterocycles. The molecule has 47 heavy (non-hydrogen) atoms. The Bertz CT molecular complexity index is 1430. The molecule has 244 valence electrons. The van der Waals surface area contributed by atoms with Crippen molar-refractivity contribution in [2.75, 3.05) is 4.90 Å². The van der Waals surface area contributed by atoms with Gasteiger partial charge in [0.1, 0.15) is 0 Å². The zero-order chi connectivity index (χ0) is 31.5. The number of piperidine rings is 2. The molecule has 6 aliphatic rings. The predicted molar refractivity (Wildman–Crippen MR) is 187 cm³/mol. The fourth-order valence-corrected chi connectivity index (χ4v) is 20.8. The first-order valence-corrected chi connectivity index (χ1v) is 24.5. The van der Waals surface area contributed by atoms with Gasteiger partial charge in [0, 0.05) is 0 Å². The van der Waals surface area contributed by atoms with Crippen LogP contribution in [0.2, 0.25) is 0 Å². The maximum atomic E-state index is 6.77. The molecule has 0 spiro atoms. The van der Waals surface area contributed by atoms with E-state index >= 15 is 0 Å². The van der Waals surface area contributed by atoms with E-state index in [0.717, 1.165) is 40.4 Å². The molecule has 9 heteroatoms. The van der Waals surface area contributed by atoms with Crippen LogP contribution in [0.25, 0.3) is 0 Å². The molecule has 3 aromatic carbocycles. The van der Waals surface area contributed by atoms with Crippen LogP contribution in [-0.2, 0) is 7.06 Å². The van der Waals surface area contributed by atoms with E-state index in [1.807, 2.05) is 0 Å². The average molecular weight is 749 g/mol. The summed E-state index contributed by atoms with van der Waals surface area (Å²) in [6.45, 7) is 4.77. The molecule has 6 fully saturated rings. The second kappa shape index (κ2) is 13.1. The summed E-state index contributed by atoms with van der Waals surface area (Å²) in [5, 5.41) is 0. The summed E-state index contributed by atoms with van der Waals surface area (Å²) in [5.41, 5.74) is 3.33. The molecule has 3 aromatic rings. The quantitative estimate of drug-likeness (QED) is 0.227. The zero-order valence-corrected chi connectivity index (χ0v) is 32.7. The fourth-order valence-electron chi connectivity index (χ4n) is 9.97. The van der Waals surface area contributed by atoms with Crippen LogP contribution in [0.3, 0.4) is 0 Å². The van der Waals surface area contributed by atoms with E-state index < -0.39 is 34.4 Å². The number of rotatable bonds is 7. The van der Waals surface area contributed by atoms with Gasteiger partial charge in [-0.3, -0.25) is 0 Å². The molecule has 8 unspecified atom stereocenters. The van der Waals surface area contributed by atoms with Crippen molar-refractivity contribution in [3.63, 3.8) is 0 Å². The summed E-state index contributed by atoms with van der Waals surface area (Å²) < 4.78 is 32.5. The normalized spacial score (nSPS) is 33.3. The van der Waals surface area contributed by atoms with E-state index in [-0.39, 0.29) is 0 Å². The van der Waals surface area contributed by atoms with Gasteiger partial charge in [0.2, 0.25) is 0 Å². The number of anilines is 3. The van der Waals surface area contributed by atoms with Crippen molar-refractivity contribution in [1.29, 1.82) is 0 Å². The predicted octanol–water partition coefficient (Wildman–Crippen LogP) is 7.99. The van der Waals surface area contributed by atoms with Crippen molar-refractivity contribution >= 4 is 51.4 Å². The second-order valence-electron chi connectivity index (χ2n) is 15.0. The van der Waals surface area contributed by atoms with Crippen LogP contribution in [0.5, 0.6) is 11.5 Å². The molecule has 8 atom stereocenters. The van der Waals surface area contributed by atoms with Crippen LogP contribution in [0.1, 0.15) is 78.1 Å². The van der Waals surface area contributed by atoms with E-state index in [4.69, 9.17) is 14.1 Å². The zero-order valence-electron chi connectivity index (χ0n) is 27.8. The third kappa shape index (κ3) is 5.82. The fraction of sp³-hybridized carbons (Fsp3) is 0.526. The van der Waals surface area contributed by atoms with Gasteiger partial charge >= 0.3 is 294 Å². The Morgan fingerprint density at radius 2 is 1.00 bits per heavy atom. The Balaban J connectivity index is 0.932. The van der Waals surface area contributed by atoms with Crippen LogP contribution in [0.15, 0.2) is 78.9 Å². The molecule has 2 saturated carbocycles. The van der Waals surface area contributed by atoms with Crippen LogP contribution in [0.4, 0.5) is 17.1 Å². The first kappa shape index (κ1) is 31.2. The third-order valence-corrected chi connectivity index (χ3v) is 22.3. The van der Waals surface area contributed by atoms with E-state index in [9.17, 15) is 0 Å². The molecule has 0 amide bonds. The molecule has 4 saturated heterocycles. The summed E-state index contributed by atoms with van der Waals surface area (Å²) in [5.74, 6) is 3.45. The summed E-state index contributed by atoms with van der Waals surface area (Å²) >= 11 is -5.14. The Labute approximate surface area is 292 Å². The van der Waals surface area contributed by atoms with Gasteiger partial charge in [0.15, 0.2) is 0 Å². The van der Waals surface area contributed by atoms with E-state index in [0.29, 0.717) is 36.4 Å². The van der Waals surface area contributed by atoms with Gasteiger partial charge in [-0.05, 0) is 0 Å². The van der Waals surface area contributed by atoms with Gasteiger partial charge < -0.3 is 0 Å². The molecule has 4 heterocycles. The first-order chi connectivity index (χ1) is 23.1. The van der Waals surface area contributed by atoms with Crippen LogP contribution in [0, 0.1) is 11.8 Å². The van der Waals surface area contributed by atoms with E-state index in [1.165, 1.54) is 64.2 Å². The molecular weight excluding hydrogens is 702 g/mol. The molecule has 4 aliphatic heterocycles. The molecular formula is C38H47Ga2N3O4. The molecule has 7 nitrogen and oxygen atoms in total. The molecule has 0 radical (unpaired) electrons. The second-order valence-corrected chi connectivity index (χ2v) is 22.2. The van der Waals surface area contributed by atoms with Crippen LogP contribution >= 0.6 is 0 Å². The Morgan fingerprint density at radius 1 is 0.553 bits per heavy atom. The standard InChI is InChI=1S/C18H15NO2.2C10H17NO.2Ga/c20-17-10-6-15(7-11-17)19(14-4-2-1-3-5-14)16-8-12-18(21)13-9-16;2*1-7-5-6-8-3-2-4-9(12)10(8)11-7;;/h1-13,20-21H;2*7-10H,2-6H2,1H3;;/q;2*-2;2*+3/p-2. The van der Waals surface area contributed by atoms with E-state index in [1.54, 1.807) is 0 Å². The molecule has 9 rings (SSSR count). The van der Waals surface area contributed by atoms with Crippen molar-refractivity contribution in [2.24, 2.45) is 11.8 Å². The Kier molecular flexibility index (Phi) is 8.71. The third-order valence-electron chi connectivity index (χ3n) is 12.2. The van der Waals surface area contributed by atoms with Crippen molar-refractivity contribution in [3.05, 3.63) is 78.9 Å². The van der Waals surface area contributed by atoms with Crippen molar-refractivity contribution in [1.82, 2.24) is 7.21 Å². The topological polar surface area (TPSA) is 46.6 Å². The van der Waals surface area contributed by atoms with Gasteiger partial charge in [-0.1, -0.05) is 0 Å². The van der Waals surface area contributed by atoms with E-state index in [2.05, 4.69) is 105 Å². The van der Waals surface area contributed by atoms with Gasteiger partial charge in [-0.15, -0.1) is 0 Å². The summed E-state index contributed by atoms with van der Waals surface area (Å²) in [6, 6.07) is 30.3.